The van der Waals surface area contributed by atoms with Crippen LogP contribution in [0.3, 0.4) is 0 Å². The van der Waals surface area contributed by atoms with Crippen molar-refractivity contribution in [2.75, 3.05) is 44.9 Å². The zero-order chi connectivity index (χ0) is 23.3. The van der Waals surface area contributed by atoms with Gasteiger partial charge in [-0.1, -0.05) is 37.5 Å². The molecule has 0 bridgehead atoms. The average Bonchev–Trinajstić information content (AvgIpc) is 2.83. The van der Waals surface area contributed by atoms with E-state index >= 15 is 0 Å². The summed E-state index contributed by atoms with van der Waals surface area (Å²) in [4.78, 5) is 27.6. The van der Waals surface area contributed by atoms with Gasteiger partial charge in [0.2, 0.25) is 0 Å². The fraction of sp³-hybridized carbons (Fsp3) is 0.462. The van der Waals surface area contributed by atoms with Gasteiger partial charge in [0.05, 0.1) is 6.61 Å². The van der Waals surface area contributed by atoms with Crippen LogP contribution in [0.1, 0.15) is 48.0 Å². The average molecular weight is 454 g/mol. The van der Waals surface area contributed by atoms with Gasteiger partial charge in [-0.25, -0.2) is 0 Å². The fourth-order valence-electron chi connectivity index (χ4n) is 3.89. The molecule has 2 amide bonds. The molecule has 0 aromatic heterocycles. The predicted molar refractivity (Wildman–Crippen MR) is 130 cm³/mol. The number of amides is 2. The number of carbonyl (C=O) groups is 2. The van der Waals surface area contributed by atoms with E-state index < -0.39 is 0 Å². The number of benzene rings is 2. The van der Waals surface area contributed by atoms with Crippen molar-refractivity contribution in [3.8, 4) is 5.75 Å². The van der Waals surface area contributed by atoms with Crippen LogP contribution in [0.25, 0.3) is 0 Å². The van der Waals surface area contributed by atoms with Crippen LogP contribution < -0.4 is 20.3 Å². The molecule has 3 rings (SSSR count). The second-order valence-electron chi connectivity index (χ2n) is 8.18. The van der Waals surface area contributed by atoms with Gasteiger partial charge >= 0.3 is 0 Å². The molecule has 7 nitrogen and oxygen atoms in total. The molecular formula is C26H35N3O4. The zero-order valence-corrected chi connectivity index (χ0v) is 19.5. The van der Waals surface area contributed by atoms with Crippen molar-refractivity contribution in [3.05, 3.63) is 59.7 Å². The van der Waals surface area contributed by atoms with E-state index in [-0.39, 0.29) is 18.4 Å². The summed E-state index contributed by atoms with van der Waals surface area (Å²) in [6.07, 6.45) is 5.48. The minimum absolute atomic E-state index is 0.0316. The van der Waals surface area contributed by atoms with Crippen LogP contribution in [-0.4, -0.2) is 51.8 Å². The Morgan fingerprint density at radius 2 is 1.82 bits per heavy atom. The van der Waals surface area contributed by atoms with Gasteiger partial charge in [-0.05, 0) is 55.3 Å². The fourth-order valence-corrected chi connectivity index (χ4v) is 3.89. The second kappa shape index (κ2) is 13.6. The summed E-state index contributed by atoms with van der Waals surface area (Å²) in [6.45, 7) is 3.01. The maximum absolute atomic E-state index is 13.2. The topological polar surface area (TPSA) is 79.9 Å². The Morgan fingerprint density at radius 3 is 2.64 bits per heavy atom. The number of hydrogen-bond acceptors (Lipinski definition) is 5. The first-order chi connectivity index (χ1) is 16.2. The third-order valence-corrected chi connectivity index (χ3v) is 5.68. The molecule has 0 saturated heterocycles. The largest absolute Gasteiger partial charge is 0.484 e. The van der Waals surface area contributed by atoms with E-state index in [1.54, 1.807) is 13.2 Å². The normalized spacial score (nSPS) is 15.0. The van der Waals surface area contributed by atoms with E-state index in [0.717, 1.165) is 43.5 Å². The molecule has 0 spiro atoms. The summed E-state index contributed by atoms with van der Waals surface area (Å²) in [5, 5.41) is 6.34. The Labute approximate surface area is 196 Å². The standard InChI is InChI=1S/C26H35N3O4/c1-32-17-15-28-26(31)21-12-13-24-22(18-21)19-27-14-8-3-2-4-9-16-29(24)25(30)20-33-23-10-6-5-7-11-23/h5-7,10-13,18,27H,2-4,8-9,14-17,19-20H2,1H3,(H,28,31). The Morgan fingerprint density at radius 1 is 1.03 bits per heavy atom. The summed E-state index contributed by atoms with van der Waals surface area (Å²) in [5.74, 6) is 0.436. The number of methoxy groups -OCH3 is 1. The Kier molecular flexibility index (Phi) is 10.2. The minimum Gasteiger partial charge on any atom is -0.484 e. The molecular weight excluding hydrogens is 418 g/mol. The number of anilines is 1. The molecule has 0 aliphatic carbocycles. The van der Waals surface area contributed by atoms with Crippen LogP contribution >= 0.6 is 0 Å². The van der Waals surface area contributed by atoms with E-state index in [1.165, 1.54) is 6.42 Å². The molecule has 7 heteroatoms. The first-order valence-corrected chi connectivity index (χ1v) is 11.8. The number of nitrogens with zero attached hydrogens (tertiary/aromatic N) is 1. The molecule has 0 saturated carbocycles. The van der Waals surface area contributed by atoms with Crippen LogP contribution in [0.4, 0.5) is 5.69 Å². The number of nitrogens with one attached hydrogen (secondary N) is 2. The number of ether oxygens (including phenoxy) is 2. The van der Waals surface area contributed by atoms with Crippen molar-refractivity contribution in [1.82, 2.24) is 10.6 Å². The highest BCUT2D eigenvalue weighted by molar-refractivity contribution is 5.98. The van der Waals surface area contributed by atoms with Crippen LogP contribution in [-0.2, 0) is 16.1 Å². The van der Waals surface area contributed by atoms with Gasteiger partial charge in [-0.3, -0.25) is 9.59 Å². The molecule has 0 atom stereocenters. The second-order valence-corrected chi connectivity index (χ2v) is 8.18. The number of rotatable bonds is 7. The molecule has 0 radical (unpaired) electrons. The lowest BCUT2D eigenvalue weighted by atomic mass is 10.0. The van der Waals surface area contributed by atoms with Gasteiger partial charge < -0.3 is 25.0 Å². The summed E-state index contributed by atoms with van der Waals surface area (Å²) in [5.41, 5.74) is 2.34. The van der Waals surface area contributed by atoms with Gasteiger partial charge in [0.15, 0.2) is 6.61 Å². The SMILES string of the molecule is COCCNC(=O)c1ccc2c(c1)CNCCCCCCCN2C(=O)COc1ccccc1. The number of carbonyl (C=O) groups excluding carboxylic acids is 2. The summed E-state index contributed by atoms with van der Waals surface area (Å²) in [7, 11) is 1.60. The lowest BCUT2D eigenvalue weighted by Crippen LogP contribution is -2.37. The van der Waals surface area contributed by atoms with E-state index in [4.69, 9.17) is 9.47 Å². The highest BCUT2D eigenvalue weighted by Crippen LogP contribution is 2.24. The summed E-state index contributed by atoms with van der Waals surface area (Å²) in [6, 6.07) is 14.9. The Bertz CT molecular complexity index is 888. The van der Waals surface area contributed by atoms with Crippen molar-refractivity contribution in [1.29, 1.82) is 0 Å². The highest BCUT2D eigenvalue weighted by Gasteiger charge is 2.21. The molecule has 0 fully saturated rings. The van der Waals surface area contributed by atoms with Crippen molar-refractivity contribution < 1.29 is 19.1 Å². The third kappa shape index (κ3) is 7.87. The molecule has 33 heavy (non-hydrogen) atoms. The summed E-state index contributed by atoms with van der Waals surface area (Å²) < 4.78 is 10.8. The number of hydrogen-bond donors (Lipinski definition) is 2. The van der Waals surface area contributed by atoms with Crippen LogP contribution in [0.15, 0.2) is 48.5 Å². The van der Waals surface area contributed by atoms with Gasteiger partial charge in [0.1, 0.15) is 5.75 Å². The molecule has 2 aromatic rings. The molecule has 178 valence electrons. The van der Waals surface area contributed by atoms with Crippen LogP contribution in [0, 0.1) is 0 Å². The van der Waals surface area contributed by atoms with E-state index in [1.807, 2.05) is 47.4 Å². The lowest BCUT2D eigenvalue weighted by Gasteiger charge is -2.26. The molecule has 1 aliphatic heterocycles. The first kappa shape index (κ1) is 24.7. The maximum atomic E-state index is 13.2. The van der Waals surface area contributed by atoms with Crippen LogP contribution in [0.5, 0.6) is 5.75 Å². The molecule has 0 unspecified atom stereocenters. The molecule has 2 aromatic carbocycles. The Hall–Kier alpha value is -2.90. The van der Waals surface area contributed by atoms with E-state index in [0.29, 0.717) is 37.6 Å². The predicted octanol–water partition coefficient (Wildman–Crippen LogP) is 3.53. The van der Waals surface area contributed by atoms with E-state index in [2.05, 4.69) is 10.6 Å². The number of para-hydroxylation sites is 1. The number of fused-ring (bicyclic) bond motifs is 1. The van der Waals surface area contributed by atoms with Crippen molar-refractivity contribution >= 4 is 17.5 Å². The van der Waals surface area contributed by atoms with Crippen LogP contribution in [0.2, 0.25) is 0 Å². The van der Waals surface area contributed by atoms with Gasteiger partial charge in [-0.2, -0.15) is 0 Å². The van der Waals surface area contributed by atoms with Gasteiger partial charge in [-0.15, -0.1) is 0 Å². The third-order valence-electron chi connectivity index (χ3n) is 5.68. The smallest absolute Gasteiger partial charge is 0.264 e. The van der Waals surface area contributed by atoms with Gasteiger partial charge in [0, 0.05) is 38.0 Å². The quantitative estimate of drug-likeness (QED) is 0.627. The monoisotopic (exact) mass is 453 g/mol. The molecule has 2 N–H and O–H groups in total. The Balaban J connectivity index is 1.81. The van der Waals surface area contributed by atoms with Gasteiger partial charge in [0.25, 0.3) is 11.8 Å². The van der Waals surface area contributed by atoms with Crippen molar-refractivity contribution in [2.24, 2.45) is 0 Å². The minimum atomic E-state index is -0.147. The first-order valence-electron chi connectivity index (χ1n) is 11.8. The summed E-state index contributed by atoms with van der Waals surface area (Å²) >= 11 is 0. The van der Waals surface area contributed by atoms with E-state index in [9.17, 15) is 9.59 Å². The van der Waals surface area contributed by atoms with Crippen molar-refractivity contribution in [2.45, 2.75) is 38.6 Å². The zero-order valence-electron chi connectivity index (χ0n) is 19.5. The maximum Gasteiger partial charge on any atom is 0.264 e. The molecule has 1 aliphatic rings. The molecule has 1 heterocycles. The van der Waals surface area contributed by atoms with Crippen molar-refractivity contribution in [3.63, 3.8) is 0 Å². The highest BCUT2D eigenvalue weighted by atomic mass is 16.5. The lowest BCUT2D eigenvalue weighted by molar-refractivity contribution is -0.120.